The average Bonchev–Trinajstić information content (AvgIpc) is 3.76. The molecule has 1 saturated carbocycles. The van der Waals surface area contributed by atoms with Gasteiger partial charge in [0.2, 0.25) is 11.8 Å². The molecule has 2 N–H and O–H groups in total. The maximum Gasteiger partial charge on any atom is 0.257 e. The molecule has 10 nitrogen and oxygen atoms in total. The number of benzene rings is 3. The Hall–Kier alpha value is -4.84. The number of aromatic nitrogens is 2. The lowest BCUT2D eigenvalue weighted by atomic mass is 9.51. The van der Waals surface area contributed by atoms with E-state index >= 15 is 4.79 Å². The van der Waals surface area contributed by atoms with E-state index in [9.17, 15) is 24.7 Å². The predicted molar refractivity (Wildman–Crippen MR) is 188 cm³/mol. The first-order valence-corrected chi connectivity index (χ1v) is 17.7. The second kappa shape index (κ2) is 10.6. The number of imide groups is 2. The van der Waals surface area contributed by atoms with Gasteiger partial charge >= 0.3 is 0 Å². The second-order valence-corrected chi connectivity index (χ2v) is 15.6. The van der Waals surface area contributed by atoms with Crippen LogP contribution in [0.3, 0.4) is 0 Å². The molecule has 50 heavy (non-hydrogen) atoms. The Morgan fingerprint density at radius 2 is 1.70 bits per heavy atom. The summed E-state index contributed by atoms with van der Waals surface area (Å²) >= 11 is 7.86. The lowest BCUT2D eigenvalue weighted by molar-refractivity contribution is -0.173. The fraction of sp³-hybridized carbons (Fsp3) is 0.289. The Kier molecular flexibility index (Phi) is 6.60. The van der Waals surface area contributed by atoms with Gasteiger partial charge in [-0.15, -0.1) is 11.3 Å². The molecule has 2 aromatic heterocycles. The van der Waals surface area contributed by atoms with Crippen molar-refractivity contribution in [1.29, 1.82) is 0 Å². The molecule has 4 heterocycles. The molecule has 6 unspecified atom stereocenters. The van der Waals surface area contributed by atoms with Crippen LogP contribution in [0.1, 0.15) is 36.8 Å². The topological polar surface area (TPSA) is 133 Å². The number of hydrogen-bond acceptors (Lipinski definition) is 8. The van der Waals surface area contributed by atoms with Crippen molar-refractivity contribution < 1.29 is 29.5 Å². The summed E-state index contributed by atoms with van der Waals surface area (Å²) in [6, 6.07) is 18.2. The zero-order chi connectivity index (χ0) is 35.0. The number of phenols is 1. The Balaban J connectivity index is 1.21. The summed E-state index contributed by atoms with van der Waals surface area (Å²) in [6.07, 6.45) is 2.32. The normalized spacial score (nSPS) is 27.7. The summed E-state index contributed by atoms with van der Waals surface area (Å²) in [4.78, 5) is 58.3. The van der Waals surface area contributed by atoms with E-state index in [1.54, 1.807) is 47.3 Å². The largest absolute Gasteiger partial charge is 0.507 e. The van der Waals surface area contributed by atoms with Crippen LogP contribution in [-0.4, -0.2) is 48.8 Å². The van der Waals surface area contributed by atoms with Crippen molar-refractivity contribution in [2.24, 2.45) is 36.1 Å². The number of amides is 4. The molecular weight excluding hydrogens is 676 g/mol. The number of hydroxylamine groups is 2. The highest BCUT2D eigenvalue weighted by Crippen LogP contribution is 2.64. The van der Waals surface area contributed by atoms with Crippen molar-refractivity contribution in [2.45, 2.75) is 32.6 Å². The number of anilines is 1. The summed E-state index contributed by atoms with van der Waals surface area (Å²) in [5.74, 6) is -5.39. The number of thiophene rings is 1. The molecule has 2 saturated heterocycles. The van der Waals surface area contributed by atoms with Gasteiger partial charge in [0.05, 0.1) is 28.0 Å². The maximum absolute atomic E-state index is 15.1. The number of carbonyl (C=O) groups excluding carboxylic acids is 4. The van der Waals surface area contributed by atoms with Crippen molar-refractivity contribution >= 4 is 73.2 Å². The molecule has 5 aromatic rings. The number of halogens is 1. The van der Waals surface area contributed by atoms with Crippen LogP contribution >= 0.6 is 22.9 Å². The molecule has 0 radical (unpaired) electrons. The quantitative estimate of drug-likeness (QED) is 0.121. The third kappa shape index (κ3) is 3.96. The van der Waals surface area contributed by atoms with Crippen molar-refractivity contribution in [2.75, 3.05) is 4.90 Å². The molecule has 0 spiro atoms. The molecule has 9 rings (SSSR count). The number of rotatable bonds is 3. The monoisotopic (exact) mass is 706 g/mol. The van der Waals surface area contributed by atoms with E-state index in [1.165, 1.54) is 4.90 Å². The first-order valence-electron chi connectivity index (χ1n) is 16.5. The highest BCUT2D eigenvalue weighted by Gasteiger charge is 2.68. The van der Waals surface area contributed by atoms with Crippen molar-refractivity contribution in [3.63, 3.8) is 0 Å². The Morgan fingerprint density at radius 1 is 0.940 bits per heavy atom. The SMILES string of the molecule is Cc1c(-c2cc(N3C(=O)C4CC5C(=CCC6C(=O)N(O)C(=O)C65)C(c5ccc(O)c6ccccc56)C4(C)C3=O)n(C)n2)sc2ccc(Cl)cc12. The van der Waals surface area contributed by atoms with Crippen LogP contribution in [0, 0.1) is 36.0 Å². The molecule has 0 bridgehead atoms. The molecule has 252 valence electrons. The van der Waals surface area contributed by atoms with Gasteiger partial charge in [-0.25, -0.2) is 4.90 Å². The van der Waals surface area contributed by atoms with Crippen LogP contribution in [0.2, 0.25) is 5.02 Å². The Morgan fingerprint density at radius 3 is 2.48 bits per heavy atom. The minimum Gasteiger partial charge on any atom is -0.507 e. The van der Waals surface area contributed by atoms with E-state index < -0.39 is 52.7 Å². The first kappa shape index (κ1) is 31.2. The third-order valence-electron chi connectivity index (χ3n) is 11.7. The van der Waals surface area contributed by atoms with Gasteiger partial charge in [-0.05, 0) is 78.8 Å². The average molecular weight is 707 g/mol. The van der Waals surface area contributed by atoms with Gasteiger partial charge in [-0.2, -0.15) is 10.2 Å². The molecule has 12 heteroatoms. The maximum atomic E-state index is 15.1. The van der Waals surface area contributed by atoms with E-state index in [0.717, 1.165) is 37.0 Å². The van der Waals surface area contributed by atoms with Crippen LogP contribution in [0.4, 0.5) is 5.82 Å². The summed E-state index contributed by atoms with van der Waals surface area (Å²) in [5.41, 5.74) is 1.87. The van der Waals surface area contributed by atoms with Crippen molar-refractivity contribution in [1.82, 2.24) is 14.8 Å². The number of nitrogens with zero attached hydrogens (tertiary/aromatic N) is 4. The van der Waals surface area contributed by atoms with Gasteiger partial charge in [-0.3, -0.25) is 29.1 Å². The van der Waals surface area contributed by atoms with E-state index in [0.29, 0.717) is 21.9 Å². The molecule has 6 atom stereocenters. The number of phenolic OH excluding ortho intramolecular Hbond substituents is 1. The number of carbonyl (C=O) groups is 4. The third-order valence-corrected chi connectivity index (χ3v) is 13.2. The molecule has 3 aromatic carbocycles. The van der Waals surface area contributed by atoms with Gasteiger partial charge in [0.1, 0.15) is 17.3 Å². The van der Waals surface area contributed by atoms with Gasteiger partial charge in [0.25, 0.3) is 11.8 Å². The lowest BCUT2D eigenvalue weighted by Crippen LogP contribution is -2.49. The standard InChI is InChI=1S/C38H31ClN4O6S/c1-17-24-14-18(39)8-13-29(24)50-33(17)27-16-30(41(3)40-27)42-35(46)26-15-25-22(9-10-23-31(25)36(47)43(49)34(23)45)32(38(26,2)37(42)48)21-11-12-28(44)20-7-5-4-6-19(20)21/h4-9,11-14,16,23,25-26,31-32,44,49H,10,15H2,1-3H3. The van der Waals surface area contributed by atoms with E-state index in [-0.39, 0.29) is 29.6 Å². The minimum atomic E-state index is -1.29. The van der Waals surface area contributed by atoms with Crippen LogP contribution in [-0.2, 0) is 26.2 Å². The summed E-state index contributed by atoms with van der Waals surface area (Å²) in [6.45, 7) is 3.82. The fourth-order valence-electron chi connectivity index (χ4n) is 9.33. The predicted octanol–water partition coefficient (Wildman–Crippen LogP) is 6.74. The smallest absolute Gasteiger partial charge is 0.257 e. The number of hydrogen-bond donors (Lipinski definition) is 2. The van der Waals surface area contributed by atoms with Crippen LogP contribution in [0.25, 0.3) is 31.4 Å². The van der Waals surface area contributed by atoms with Crippen LogP contribution < -0.4 is 4.90 Å². The minimum absolute atomic E-state index is 0.0836. The molecule has 4 amide bonds. The first-order chi connectivity index (χ1) is 23.9. The molecular formula is C38H31ClN4O6S. The molecule has 3 fully saturated rings. The van der Waals surface area contributed by atoms with Crippen molar-refractivity contribution in [3.8, 4) is 16.3 Å². The van der Waals surface area contributed by atoms with Gasteiger partial charge in [-0.1, -0.05) is 53.6 Å². The summed E-state index contributed by atoms with van der Waals surface area (Å²) in [5, 5.41) is 29.2. The van der Waals surface area contributed by atoms with Gasteiger partial charge in [0.15, 0.2) is 0 Å². The zero-order valence-corrected chi connectivity index (χ0v) is 28.8. The lowest BCUT2D eigenvalue weighted by Gasteiger charge is -2.49. The number of aromatic hydroxyl groups is 1. The Labute approximate surface area is 295 Å². The van der Waals surface area contributed by atoms with E-state index in [2.05, 4.69) is 0 Å². The van der Waals surface area contributed by atoms with Gasteiger partial charge < -0.3 is 5.11 Å². The summed E-state index contributed by atoms with van der Waals surface area (Å²) in [7, 11) is 1.71. The number of aryl methyl sites for hydroxylation is 2. The van der Waals surface area contributed by atoms with Crippen LogP contribution in [0.15, 0.2) is 72.3 Å². The second-order valence-electron chi connectivity index (χ2n) is 14.1. The van der Waals surface area contributed by atoms with Gasteiger partial charge in [0, 0.05) is 34.1 Å². The zero-order valence-electron chi connectivity index (χ0n) is 27.3. The van der Waals surface area contributed by atoms with Crippen molar-refractivity contribution in [3.05, 3.63) is 88.5 Å². The molecule has 2 aliphatic heterocycles. The Bertz CT molecular complexity index is 2410. The van der Waals surface area contributed by atoms with Crippen LogP contribution in [0.5, 0.6) is 5.75 Å². The highest BCUT2D eigenvalue weighted by atomic mass is 35.5. The van der Waals surface area contributed by atoms with E-state index in [1.807, 2.05) is 56.3 Å². The van der Waals surface area contributed by atoms with E-state index in [4.69, 9.17) is 16.7 Å². The number of fused-ring (bicyclic) bond motifs is 6. The number of allylic oxidation sites excluding steroid dienone is 2. The highest BCUT2D eigenvalue weighted by molar-refractivity contribution is 7.22. The fourth-order valence-corrected chi connectivity index (χ4v) is 10.7. The summed E-state index contributed by atoms with van der Waals surface area (Å²) < 4.78 is 2.60. The molecule has 2 aliphatic carbocycles. The molecule has 4 aliphatic rings.